The number of aromatic nitrogens is 2. The van der Waals surface area contributed by atoms with E-state index in [1.54, 1.807) is 29.8 Å². The zero-order chi connectivity index (χ0) is 24.4. The van der Waals surface area contributed by atoms with Crippen molar-refractivity contribution in [1.29, 1.82) is 0 Å². The summed E-state index contributed by atoms with van der Waals surface area (Å²) in [6.07, 6.45) is 13.3. The van der Waals surface area contributed by atoms with E-state index in [9.17, 15) is 4.79 Å². The number of ether oxygens (including phenoxy) is 2. The summed E-state index contributed by atoms with van der Waals surface area (Å²) in [4.78, 5) is 20.7. The van der Waals surface area contributed by atoms with Crippen molar-refractivity contribution in [2.45, 2.75) is 39.7 Å². The number of hydrogen-bond acceptors (Lipinski definition) is 7. The minimum Gasteiger partial charge on any atom is -0.501 e. The second-order valence-corrected chi connectivity index (χ2v) is 9.70. The Kier molecular flexibility index (Phi) is 10.7. The second-order valence-electron chi connectivity index (χ2n) is 7.95. The Labute approximate surface area is 204 Å². The summed E-state index contributed by atoms with van der Waals surface area (Å²) < 4.78 is 10.9. The van der Waals surface area contributed by atoms with Gasteiger partial charge in [-0.2, -0.15) is 0 Å². The van der Waals surface area contributed by atoms with E-state index in [1.165, 1.54) is 13.2 Å². The molecule has 0 saturated heterocycles. The molecule has 2 heterocycles. The van der Waals surface area contributed by atoms with Gasteiger partial charge in [0.2, 0.25) is 5.91 Å². The monoisotopic (exact) mass is 487 g/mol. The Morgan fingerprint density at radius 1 is 1.03 bits per heavy atom. The van der Waals surface area contributed by atoms with Gasteiger partial charge in [-0.3, -0.25) is 4.79 Å². The number of carbonyl (C=O) groups excluding carboxylic acids is 1. The first-order valence-corrected chi connectivity index (χ1v) is 12.5. The topological polar surface area (TPSA) is 87.3 Å². The Bertz CT molecular complexity index is 1020. The normalized spacial score (nSPS) is 15.7. The first-order chi connectivity index (χ1) is 15.7. The minimum atomic E-state index is -0.555. The average molecular weight is 488 g/mol. The van der Waals surface area contributed by atoms with E-state index in [0.717, 1.165) is 21.4 Å². The van der Waals surface area contributed by atoms with Crippen LogP contribution < -0.4 is 5.73 Å². The number of methoxy groups -OCH3 is 2. The standard InChI is InChI=1S/C25H33N3O3S2/c1-16(2)9-7-8-10-17(3)24-28-20(15-33-24)25-27-19(14-32-25)11-12-21(30-5)18(4)22(31-6)13-23(26)29/h7-18,21H,1-6H3,(H2,26,29)/t17?,18-,21+/m1/s1. The zero-order valence-electron chi connectivity index (χ0n) is 20.0. The van der Waals surface area contributed by atoms with Crippen molar-refractivity contribution in [3.05, 3.63) is 63.7 Å². The van der Waals surface area contributed by atoms with Crippen molar-refractivity contribution in [3.8, 4) is 10.7 Å². The van der Waals surface area contributed by atoms with Crippen LogP contribution in [0.4, 0.5) is 0 Å². The van der Waals surface area contributed by atoms with Crippen molar-refractivity contribution in [3.63, 3.8) is 0 Å². The van der Waals surface area contributed by atoms with Crippen molar-refractivity contribution < 1.29 is 14.3 Å². The van der Waals surface area contributed by atoms with Crippen LogP contribution in [0.2, 0.25) is 0 Å². The van der Waals surface area contributed by atoms with Gasteiger partial charge in [0.25, 0.3) is 0 Å². The van der Waals surface area contributed by atoms with Gasteiger partial charge >= 0.3 is 0 Å². The van der Waals surface area contributed by atoms with E-state index >= 15 is 0 Å². The lowest BCUT2D eigenvalue weighted by atomic mass is 10.0. The van der Waals surface area contributed by atoms with Gasteiger partial charge < -0.3 is 15.2 Å². The lowest BCUT2D eigenvalue weighted by Gasteiger charge is -2.21. The third-order valence-corrected chi connectivity index (χ3v) is 6.78. The highest BCUT2D eigenvalue weighted by molar-refractivity contribution is 7.14. The summed E-state index contributed by atoms with van der Waals surface area (Å²) in [7, 11) is 3.12. The summed E-state index contributed by atoms with van der Waals surface area (Å²) in [6.45, 7) is 8.37. The predicted molar refractivity (Wildman–Crippen MR) is 138 cm³/mol. The van der Waals surface area contributed by atoms with Gasteiger partial charge in [0.05, 0.1) is 23.9 Å². The molecule has 1 unspecified atom stereocenters. The van der Waals surface area contributed by atoms with E-state index < -0.39 is 5.91 Å². The van der Waals surface area contributed by atoms with Crippen molar-refractivity contribution in [2.24, 2.45) is 17.6 Å². The number of nitrogens with two attached hydrogens (primary N) is 1. The highest BCUT2D eigenvalue weighted by Crippen LogP contribution is 2.29. The molecule has 0 spiro atoms. The second kappa shape index (κ2) is 13.2. The van der Waals surface area contributed by atoms with Crippen LogP contribution >= 0.6 is 22.7 Å². The molecule has 0 fully saturated rings. The molecule has 1 amide bonds. The van der Waals surface area contributed by atoms with Crippen molar-refractivity contribution in [1.82, 2.24) is 9.97 Å². The first kappa shape index (κ1) is 26.7. The van der Waals surface area contributed by atoms with Gasteiger partial charge in [-0.1, -0.05) is 58.1 Å². The number of primary amides is 1. The number of allylic oxidation sites excluding steroid dienone is 4. The third kappa shape index (κ3) is 8.38. The van der Waals surface area contributed by atoms with Crippen LogP contribution in [0, 0.1) is 11.8 Å². The van der Waals surface area contributed by atoms with Crippen LogP contribution in [-0.2, 0) is 14.3 Å². The third-order valence-electron chi connectivity index (χ3n) is 4.85. The van der Waals surface area contributed by atoms with Gasteiger partial charge in [-0.05, 0) is 12.0 Å². The van der Waals surface area contributed by atoms with E-state index in [4.69, 9.17) is 25.2 Å². The van der Waals surface area contributed by atoms with Crippen molar-refractivity contribution in [2.75, 3.05) is 14.2 Å². The summed E-state index contributed by atoms with van der Waals surface area (Å²) in [5, 5.41) is 5.98. The summed E-state index contributed by atoms with van der Waals surface area (Å²) in [6, 6.07) is 0. The number of hydrogen-bond donors (Lipinski definition) is 1. The fourth-order valence-corrected chi connectivity index (χ4v) is 4.66. The molecule has 0 bridgehead atoms. The van der Waals surface area contributed by atoms with Crippen LogP contribution in [0.5, 0.6) is 0 Å². The highest BCUT2D eigenvalue weighted by Gasteiger charge is 2.20. The molecule has 0 saturated carbocycles. The lowest BCUT2D eigenvalue weighted by Crippen LogP contribution is -2.22. The first-order valence-electron chi connectivity index (χ1n) is 10.8. The van der Waals surface area contributed by atoms with Gasteiger partial charge in [-0.15, -0.1) is 22.7 Å². The van der Waals surface area contributed by atoms with Crippen molar-refractivity contribution >= 4 is 34.7 Å². The molecule has 0 radical (unpaired) electrons. The van der Waals surface area contributed by atoms with Crippen LogP contribution in [0.3, 0.4) is 0 Å². The Balaban J connectivity index is 2.09. The molecule has 0 aliphatic carbocycles. The van der Waals surface area contributed by atoms with E-state index in [-0.39, 0.29) is 17.9 Å². The lowest BCUT2D eigenvalue weighted by molar-refractivity contribution is -0.113. The zero-order valence-corrected chi connectivity index (χ0v) is 21.7. The van der Waals surface area contributed by atoms with Crippen LogP contribution in [0.1, 0.15) is 44.3 Å². The summed E-state index contributed by atoms with van der Waals surface area (Å²) in [5.74, 6) is 0.512. The number of nitrogens with zero attached hydrogens (tertiary/aromatic N) is 2. The highest BCUT2D eigenvalue weighted by atomic mass is 32.1. The van der Waals surface area contributed by atoms with Crippen LogP contribution in [-0.4, -0.2) is 36.2 Å². The van der Waals surface area contributed by atoms with E-state index in [0.29, 0.717) is 11.7 Å². The molecule has 0 aromatic carbocycles. The summed E-state index contributed by atoms with van der Waals surface area (Å²) >= 11 is 3.20. The maximum Gasteiger partial charge on any atom is 0.244 e. The fraction of sp³-hybridized carbons (Fsp3) is 0.400. The van der Waals surface area contributed by atoms with Gasteiger partial charge in [0.1, 0.15) is 16.5 Å². The van der Waals surface area contributed by atoms with Gasteiger partial charge in [0, 0.05) is 35.8 Å². The maximum atomic E-state index is 11.2. The van der Waals surface area contributed by atoms with Gasteiger partial charge in [-0.25, -0.2) is 9.97 Å². The largest absolute Gasteiger partial charge is 0.501 e. The molecular formula is C25H33N3O3S2. The number of amides is 1. The van der Waals surface area contributed by atoms with Crippen LogP contribution in [0.25, 0.3) is 16.8 Å². The SMILES string of the molecule is COC(=CC(N)=O)[C@H](C)[C@H](C=Cc1csc(-c2csc(C(C)C=CC=CC(C)C)n2)n1)OC. The molecule has 2 aromatic rings. The smallest absolute Gasteiger partial charge is 0.244 e. The maximum absolute atomic E-state index is 11.2. The Hall–Kier alpha value is -2.55. The van der Waals surface area contributed by atoms with E-state index in [2.05, 4.69) is 50.5 Å². The number of rotatable bonds is 12. The van der Waals surface area contributed by atoms with Gasteiger partial charge in [0.15, 0.2) is 0 Å². The molecule has 178 valence electrons. The molecule has 33 heavy (non-hydrogen) atoms. The quantitative estimate of drug-likeness (QED) is 0.232. The average Bonchev–Trinajstić information content (AvgIpc) is 3.44. The molecule has 6 nitrogen and oxygen atoms in total. The predicted octanol–water partition coefficient (Wildman–Crippen LogP) is 5.82. The van der Waals surface area contributed by atoms with Crippen LogP contribution in [0.15, 0.2) is 53.0 Å². The fourth-order valence-electron chi connectivity index (χ4n) is 3.00. The number of carbonyl (C=O) groups is 1. The number of thiazole rings is 2. The molecule has 3 atom stereocenters. The molecule has 0 aliphatic rings. The molecular weight excluding hydrogens is 454 g/mol. The molecule has 0 aliphatic heterocycles. The van der Waals surface area contributed by atoms with E-state index in [1.807, 2.05) is 24.5 Å². The Morgan fingerprint density at radius 3 is 2.39 bits per heavy atom. The molecule has 2 rings (SSSR count). The Morgan fingerprint density at radius 2 is 1.76 bits per heavy atom. The summed E-state index contributed by atoms with van der Waals surface area (Å²) in [5.41, 5.74) is 6.97. The molecule has 8 heteroatoms. The molecule has 2 N–H and O–H groups in total. The molecule has 2 aromatic heterocycles. The minimum absolute atomic E-state index is 0.187.